The first-order valence-corrected chi connectivity index (χ1v) is 10.9. The van der Waals surface area contributed by atoms with Crippen LogP contribution in [0.2, 0.25) is 0 Å². The second kappa shape index (κ2) is 10.00. The van der Waals surface area contributed by atoms with Crippen LogP contribution in [0.15, 0.2) is 59.6 Å². The summed E-state index contributed by atoms with van der Waals surface area (Å²) in [5.74, 6) is -3.98. The molecule has 0 saturated heterocycles. The monoisotopic (exact) mass is 458 g/mol. The van der Waals surface area contributed by atoms with Crippen LogP contribution in [-0.2, 0) is 15.8 Å². The molecule has 0 bridgehead atoms. The quantitative estimate of drug-likeness (QED) is 0.330. The summed E-state index contributed by atoms with van der Waals surface area (Å²) in [6.07, 6.45) is -6.01. The number of carboxylic acids is 2. The van der Waals surface area contributed by atoms with Crippen molar-refractivity contribution >= 4 is 30.8 Å². The van der Waals surface area contributed by atoms with E-state index in [9.17, 15) is 37.7 Å². The van der Waals surface area contributed by atoms with Gasteiger partial charge in [-0.3, -0.25) is 9.59 Å². The maximum atomic E-state index is 12.8. The second-order valence-electron chi connectivity index (χ2n) is 6.73. The molecule has 2 rings (SSSR count). The third kappa shape index (κ3) is 7.13. The Labute approximate surface area is 176 Å². The van der Waals surface area contributed by atoms with E-state index in [0.717, 1.165) is 24.3 Å². The first-order chi connectivity index (χ1) is 14.4. The van der Waals surface area contributed by atoms with Crippen LogP contribution in [0.3, 0.4) is 0 Å². The highest BCUT2D eigenvalue weighted by Gasteiger charge is 2.46. The molecule has 0 radical (unpaired) electrons. The van der Waals surface area contributed by atoms with Crippen molar-refractivity contribution in [3.8, 4) is 0 Å². The van der Waals surface area contributed by atoms with E-state index in [1.807, 2.05) is 0 Å². The molecule has 0 fully saturated rings. The molecule has 0 heterocycles. The van der Waals surface area contributed by atoms with Gasteiger partial charge >= 0.3 is 25.8 Å². The maximum Gasteiger partial charge on any atom is 0.416 e. The average Bonchev–Trinajstić information content (AvgIpc) is 2.69. The Balaban J connectivity index is 2.44. The fourth-order valence-electron chi connectivity index (χ4n) is 2.77. The first kappa shape index (κ1) is 24.5. The Bertz CT molecular complexity index is 946. The molecule has 0 aliphatic rings. The van der Waals surface area contributed by atoms with E-state index in [1.165, 1.54) is 12.1 Å². The molecule has 0 aromatic heterocycles. The van der Waals surface area contributed by atoms with E-state index >= 15 is 0 Å². The summed E-state index contributed by atoms with van der Waals surface area (Å²) in [5, 5.41) is 18.1. The van der Waals surface area contributed by atoms with Gasteiger partial charge in [-0.25, -0.2) is 14.8 Å². The van der Waals surface area contributed by atoms with E-state index in [4.69, 9.17) is 5.11 Å². The lowest BCUT2D eigenvalue weighted by Crippen LogP contribution is -2.24. The highest BCUT2D eigenvalue weighted by molar-refractivity contribution is 7.82. The van der Waals surface area contributed by atoms with Crippen LogP contribution in [0.1, 0.15) is 24.0 Å². The van der Waals surface area contributed by atoms with Gasteiger partial charge in [-0.1, -0.05) is 18.2 Å². The molecule has 1 atom stereocenters. The van der Waals surface area contributed by atoms with E-state index in [-0.39, 0.29) is 23.1 Å². The van der Waals surface area contributed by atoms with Crippen LogP contribution in [0.5, 0.6) is 0 Å². The second-order valence-corrected chi connectivity index (χ2v) is 8.98. The van der Waals surface area contributed by atoms with Gasteiger partial charge in [0, 0.05) is 12.0 Å². The molecule has 11 heteroatoms. The molecule has 2 aromatic carbocycles. The Morgan fingerprint density at radius 3 is 2.03 bits per heavy atom. The van der Waals surface area contributed by atoms with Gasteiger partial charge in [0.05, 0.1) is 17.2 Å². The molecule has 31 heavy (non-hydrogen) atoms. The third-order valence-electron chi connectivity index (χ3n) is 4.33. The van der Waals surface area contributed by atoms with Crippen molar-refractivity contribution in [1.82, 2.24) is 0 Å². The van der Waals surface area contributed by atoms with Gasteiger partial charge in [-0.15, -0.1) is 0 Å². The molecule has 1 unspecified atom stereocenters. The third-order valence-corrected chi connectivity index (χ3v) is 6.32. The Kier molecular flexibility index (Phi) is 7.89. The SMILES string of the molecule is O=C(O)CCC(C[P+](O)(O)C(=Nc1ccc(C(F)(F)F)cc1)c1ccccc1)C(=O)O. The number of aliphatic imine (C=N–C) groups is 1. The number of nitrogens with zero attached hydrogens (tertiary/aromatic N) is 1. The van der Waals surface area contributed by atoms with Crippen LogP contribution in [0.4, 0.5) is 18.9 Å². The fraction of sp³-hybridized carbons (Fsp3) is 0.250. The highest BCUT2D eigenvalue weighted by Crippen LogP contribution is 2.56. The number of hydrogen-bond donors (Lipinski definition) is 4. The minimum atomic E-state index is -4.55. The summed E-state index contributed by atoms with van der Waals surface area (Å²) in [7, 11) is -4.20. The molecule has 166 valence electrons. The maximum absolute atomic E-state index is 12.8. The zero-order valence-electron chi connectivity index (χ0n) is 16.0. The van der Waals surface area contributed by atoms with Crippen LogP contribution < -0.4 is 0 Å². The van der Waals surface area contributed by atoms with Crippen molar-refractivity contribution in [3.63, 3.8) is 0 Å². The predicted octanol–water partition coefficient (Wildman–Crippen LogP) is 4.18. The topological polar surface area (TPSA) is 127 Å². The van der Waals surface area contributed by atoms with E-state index < -0.39 is 49.9 Å². The minimum absolute atomic E-state index is 0.0109. The highest BCUT2D eigenvalue weighted by atomic mass is 31.2. The molecular formula is C20H20F3NO6P+. The van der Waals surface area contributed by atoms with Crippen molar-refractivity contribution in [3.05, 3.63) is 65.7 Å². The lowest BCUT2D eigenvalue weighted by atomic mass is 10.1. The van der Waals surface area contributed by atoms with Crippen LogP contribution >= 0.6 is 7.72 Å². The smallest absolute Gasteiger partial charge is 0.416 e. The zero-order chi connectivity index (χ0) is 23.2. The Morgan fingerprint density at radius 2 is 1.55 bits per heavy atom. The first-order valence-electron chi connectivity index (χ1n) is 9.00. The molecule has 7 nitrogen and oxygen atoms in total. The number of benzene rings is 2. The molecule has 4 N–H and O–H groups in total. The number of aliphatic carboxylic acids is 2. The number of hydrogen-bond acceptors (Lipinski definition) is 5. The van der Waals surface area contributed by atoms with E-state index in [0.29, 0.717) is 0 Å². The van der Waals surface area contributed by atoms with Crippen LogP contribution in [0.25, 0.3) is 0 Å². The largest absolute Gasteiger partial charge is 0.481 e. The zero-order valence-corrected chi connectivity index (χ0v) is 16.9. The van der Waals surface area contributed by atoms with Gasteiger partial charge in [0.2, 0.25) is 5.45 Å². The van der Waals surface area contributed by atoms with Crippen molar-refractivity contribution in [2.24, 2.45) is 10.9 Å². The van der Waals surface area contributed by atoms with Crippen molar-refractivity contribution in [1.29, 1.82) is 0 Å². The van der Waals surface area contributed by atoms with E-state index in [1.54, 1.807) is 18.2 Å². The summed E-state index contributed by atoms with van der Waals surface area (Å²) in [5.41, 5.74) is -0.907. The van der Waals surface area contributed by atoms with Crippen LogP contribution in [-0.4, -0.2) is 43.6 Å². The minimum Gasteiger partial charge on any atom is -0.481 e. The number of carbonyl (C=O) groups is 2. The molecule has 0 amide bonds. The van der Waals surface area contributed by atoms with Crippen molar-refractivity contribution in [2.45, 2.75) is 19.0 Å². The summed E-state index contributed by atoms with van der Waals surface area (Å²) in [4.78, 5) is 48.0. The van der Waals surface area contributed by atoms with Gasteiger partial charge < -0.3 is 10.2 Å². The molecule has 0 spiro atoms. The van der Waals surface area contributed by atoms with Gasteiger partial charge in [-0.2, -0.15) is 13.2 Å². The Morgan fingerprint density at radius 1 is 0.968 bits per heavy atom. The Hall–Kier alpha value is -2.81. The molecule has 0 aliphatic heterocycles. The van der Waals surface area contributed by atoms with Gasteiger partial charge in [0.1, 0.15) is 6.16 Å². The number of alkyl halides is 3. The number of halogens is 3. The van der Waals surface area contributed by atoms with Gasteiger partial charge in [-0.05, 0) is 42.8 Å². The van der Waals surface area contributed by atoms with Crippen molar-refractivity contribution in [2.75, 3.05) is 6.16 Å². The summed E-state index contributed by atoms with van der Waals surface area (Å²) in [6, 6.07) is 11.5. The molecule has 2 aromatic rings. The molecule has 0 saturated carbocycles. The standard InChI is InChI=1S/C20H19F3NO6P/c21-20(22,23)15-7-9-16(10-8-15)24-18(13-4-2-1-3-5-13)31(29,30)12-14(19(27)28)6-11-17(25)26/h1-5,7-10,14,29-30H,6,11-12H2,(H-,25,26,27,28)/p+1. The normalized spacial score (nSPS) is 13.6. The summed E-state index contributed by atoms with van der Waals surface area (Å²) >= 11 is 0. The van der Waals surface area contributed by atoms with Crippen molar-refractivity contribution < 1.29 is 42.8 Å². The lowest BCUT2D eigenvalue weighted by Gasteiger charge is -2.18. The van der Waals surface area contributed by atoms with Gasteiger partial charge in [0.25, 0.3) is 0 Å². The fourth-order valence-corrected chi connectivity index (χ4v) is 4.73. The number of carboxylic acid groups (broad SMARTS) is 2. The van der Waals surface area contributed by atoms with Crippen LogP contribution in [0, 0.1) is 5.92 Å². The van der Waals surface area contributed by atoms with E-state index in [2.05, 4.69) is 4.99 Å². The number of rotatable bonds is 9. The summed E-state index contributed by atoms with van der Waals surface area (Å²) < 4.78 is 38.3. The lowest BCUT2D eigenvalue weighted by molar-refractivity contribution is -0.142. The molecular weight excluding hydrogens is 438 g/mol. The van der Waals surface area contributed by atoms with Gasteiger partial charge in [0.15, 0.2) is 0 Å². The summed E-state index contributed by atoms with van der Waals surface area (Å²) in [6.45, 7) is 0. The molecule has 0 aliphatic carbocycles. The predicted molar refractivity (Wildman–Crippen MR) is 108 cm³/mol. The average molecular weight is 458 g/mol.